The summed E-state index contributed by atoms with van der Waals surface area (Å²) in [5.41, 5.74) is 1.04. The number of pyridine rings is 2. The van der Waals surface area contributed by atoms with E-state index in [0.717, 1.165) is 6.07 Å². The summed E-state index contributed by atoms with van der Waals surface area (Å²) in [6.45, 7) is 0. The van der Waals surface area contributed by atoms with E-state index < -0.39 is 15.8 Å². The molecule has 176 valence electrons. The van der Waals surface area contributed by atoms with E-state index in [-0.39, 0.29) is 27.0 Å². The summed E-state index contributed by atoms with van der Waals surface area (Å²) in [6.07, 6.45) is 2.83. The molecule has 0 aliphatic carbocycles. The van der Waals surface area contributed by atoms with Crippen LogP contribution in [-0.2, 0) is 10.0 Å². The Bertz CT molecular complexity index is 1500. The van der Waals surface area contributed by atoms with Gasteiger partial charge in [0.1, 0.15) is 11.6 Å². The summed E-state index contributed by atoms with van der Waals surface area (Å²) in [7, 11) is 0.467. The number of benzene rings is 1. The lowest BCUT2D eigenvalue weighted by atomic mass is 10.0. The van der Waals surface area contributed by atoms with E-state index in [1.54, 1.807) is 26.4 Å². The molecule has 3 aromatic heterocycles. The van der Waals surface area contributed by atoms with Gasteiger partial charge in [-0.25, -0.2) is 27.8 Å². The van der Waals surface area contributed by atoms with Gasteiger partial charge in [0, 0.05) is 48.7 Å². The molecule has 3 N–H and O–H groups in total. The number of sulfonamides is 1. The summed E-state index contributed by atoms with van der Waals surface area (Å²) in [4.78, 5) is 16.5. The van der Waals surface area contributed by atoms with Gasteiger partial charge in [-0.15, -0.1) is 0 Å². The van der Waals surface area contributed by atoms with Crippen LogP contribution in [0.15, 0.2) is 47.6 Å². The standard InChI is InChI=1S/C21H19ClFN7O3S/c1-24-19-15(6-11-9-27-21(25-2)29-18(11)28-19)14-8-13(4-5-16(14)23)30-34(31,32)17-7-12(22)10-26-20(17)33-3/h4-10,30H,1-3H3,(H2,24,25,27,28,29). The average Bonchev–Trinajstić information content (AvgIpc) is 2.83. The first-order chi connectivity index (χ1) is 16.2. The van der Waals surface area contributed by atoms with Crippen molar-refractivity contribution in [2.75, 3.05) is 36.6 Å². The molecule has 34 heavy (non-hydrogen) atoms. The van der Waals surface area contributed by atoms with Crippen LogP contribution in [0.3, 0.4) is 0 Å². The third kappa shape index (κ3) is 4.50. The highest BCUT2D eigenvalue weighted by Gasteiger charge is 2.23. The molecule has 0 atom stereocenters. The monoisotopic (exact) mass is 503 g/mol. The zero-order valence-corrected chi connectivity index (χ0v) is 19.8. The minimum absolute atomic E-state index is 0.113. The summed E-state index contributed by atoms with van der Waals surface area (Å²) in [6, 6.07) is 6.71. The number of hydrogen-bond acceptors (Lipinski definition) is 9. The van der Waals surface area contributed by atoms with E-state index in [2.05, 4.69) is 35.3 Å². The number of hydrogen-bond donors (Lipinski definition) is 3. The molecule has 3 heterocycles. The van der Waals surface area contributed by atoms with Crippen LogP contribution in [0.4, 0.5) is 21.8 Å². The van der Waals surface area contributed by atoms with Crippen molar-refractivity contribution in [2.45, 2.75) is 4.90 Å². The highest BCUT2D eigenvalue weighted by Crippen LogP contribution is 2.34. The molecule has 0 saturated carbocycles. The molecule has 4 aromatic rings. The third-order valence-corrected chi connectivity index (χ3v) is 6.39. The first-order valence-corrected chi connectivity index (χ1v) is 11.7. The molecule has 0 fully saturated rings. The van der Waals surface area contributed by atoms with E-state index >= 15 is 0 Å². The third-order valence-electron chi connectivity index (χ3n) is 4.81. The van der Waals surface area contributed by atoms with Crippen LogP contribution in [0.1, 0.15) is 0 Å². The second-order valence-electron chi connectivity index (χ2n) is 6.95. The van der Waals surface area contributed by atoms with Crippen molar-refractivity contribution in [3.63, 3.8) is 0 Å². The maximum Gasteiger partial charge on any atom is 0.267 e. The van der Waals surface area contributed by atoms with E-state index in [9.17, 15) is 12.8 Å². The zero-order valence-electron chi connectivity index (χ0n) is 18.2. The number of nitrogens with zero attached hydrogens (tertiary/aromatic N) is 4. The number of aromatic nitrogens is 4. The van der Waals surface area contributed by atoms with Gasteiger partial charge in [-0.05, 0) is 30.3 Å². The number of fused-ring (bicyclic) bond motifs is 1. The Morgan fingerprint density at radius 2 is 1.79 bits per heavy atom. The Kier molecular flexibility index (Phi) is 6.35. The van der Waals surface area contributed by atoms with Gasteiger partial charge < -0.3 is 15.4 Å². The van der Waals surface area contributed by atoms with Crippen LogP contribution < -0.4 is 20.1 Å². The maximum absolute atomic E-state index is 14.9. The molecule has 10 nitrogen and oxygen atoms in total. The number of halogens is 2. The Morgan fingerprint density at radius 3 is 2.50 bits per heavy atom. The fourth-order valence-corrected chi connectivity index (χ4v) is 4.66. The second-order valence-corrected chi connectivity index (χ2v) is 9.04. The van der Waals surface area contributed by atoms with E-state index in [4.69, 9.17) is 16.3 Å². The van der Waals surface area contributed by atoms with Crippen molar-refractivity contribution in [1.82, 2.24) is 19.9 Å². The molecule has 0 unspecified atom stereocenters. The lowest BCUT2D eigenvalue weighted by Crippen LogP contribution is -2.15. The quantitative estimate of drug-likeness (QED) is 0.345. The van der Waals surface area contributed by atoms with Gasteiger partial charge in [0.25, 0.3) is 10.0 Å². The van der Waals surface area contributed by atoms with Gasteiger partial charge in [0.15, 0.2) is 10.5 Å². The van der Waals surface area contributed by atoms with E-state index in [1.807, 2.05) is 0 Å². The van der Waals surface area contributed by atoms with Crippen LogP contribution in [0, 0.1) is 5.82 Å². The van der Waals surface area contributed by atoms with Crippen LogP contribution in [0.2, 0.25) is 5.02 Å². The summed E-state index contributed by atoms with van der Waals surface area (Å²) in [5, 5.41) is 6.46. The molecule has 0 radical (unpaired) electrons. The Balaban J connectivity index is 1.79. The topological polar surface area (TPSA) is 131 Å². The predicted molar refractivity (Wildman–Crippen MR) is 128 cm³/mol. The summed E-state index contributed by atoms with van der Waals surface area (Å²) >= 11 is 5.92. The zero-order chi connectivity index (χ0) is 24.5. The van der Waals surface area contributed by atoms with Gasteiger partial charge >= 0.3 is 0 Å². The Labute approximate surface area is 199 Å². The number of anilines is 3. The van der Waals surface area contributed by atoms with Crippen molar-refractivity contribution in [3.8, 4) is 17.0 Å². The van der Waals surface area contributed by atoms with Crippen LogP contribution in [0.25, 0.3) is 22.2 Å². The predicted octanol–water partition coefficient (Wildman–Crippen LogP) is 3.77. The van der Waals surface area contributed by atoms with Crippen LogP contribution in [0.5, 0.6) is 5.88 Å². The molecule has 0 saturated heterocycles. The Morgan fingerprint density at radius 1 is 1.00 bits per heavy atom. The van der Waals surface area contributed by atoms with E-state index in [0.29, 0.717) is 28.4 Å². The fraction of sp³-hybridized carbons (Fsp3) is 0.143. The van der Waals surface area contributed by atoms with Gasteiger partial charge in [-0.3, -0.25) is 4.72 Å². The minimum Gasteiger partial charge on any atom is -0.480 e. The number of nitrogens with one attached hydrogen (secondary N) is 3. The van der Waals surface area contributed by atoms with Crippen LogP contribution in [-0.4, -0.2) is 49.6 Å². The highest BCUT2D eigenvalue weighted by atomic mass is 35.5. The van der Waals surface area contributed by atoms with Crippen molar-refractivity contribution in [3.05, 3.63) is 53.6 Å². The van der Waals surface area contributed by atoms with Crippen molar-refractivity contribution in [2.24, 2.45) is 0 Å². The molecule has 0 amide bonds. The first kappa shape index (κ1) is 23.4. The van der Waals surface area contributed by atoms with Crippen molar-refractivity contribution >= 4 is 50.1 Å². The molecular weight excluding hydrogens is 485 g/mol. The van der Waals surface area contributed by atoms with Crippen molar-refractivity contribution < 1.29 is 17.5 Å². The lowest BCUT2D eigenvalue weighted by molar-refractivity contribution is 0.385. The molecule has 0 spiro atoms. The maximum atomic E-state index is 14.9. The number of methoxy groups -OCH3 is 1. The molecule has 1 aromatic carbocycles. The van der Waals surface area contributed by atoms with Gasteiger partial charge in [-0.2, -0.15) is 4.98 Å². The van der Waals surface area contributed by atoms with Gasteiger partial charge in [0.2, 0.25) is 11.8 Å². The SMILES string of the molecule is CNc1ncc2cc(-c3cc(NS(=O)(=O)c4cc(Cl)cnc4OC)ccc3F)c(NC)nc2n1. The number of rotatable bonds is 7. The largest absolute Gasteiger partial charge is 0.480 e. The van der Waals surface area contributed by atoms with Crippen molar-refractivity contribution in [1.29, 1.82) is 0 Å². The summed E-state index contributed by atoms with van der Waals surface area (Å²) in [5.74, 6) is 0.0444. The van der Waals surface area contributed by atoms with Gasteiger partial charge in [-0.1, -0.05) is 11.6 Å². The molecule has 0 aliphatic heterocycles. The molecule has 0 aliphatic rings. The summed E-state index contributed by atoms with van der Waals surface area (Å²) < 4.78 is 48.3. The Hall–Kier alpha value is -3.77. The van der Waals surface area contributed by atoms with Gasteiger partial charge in [0.05, 0.1) is 12.1 Å². The lowest BCUT2D eigenvalue weighted by Gasteiger charge is -2.14. The number of ether oxygens (including phenoxy) is 1. The second kappa shape index (κ2) is 9.23. The van der Waals surface area contributed by atoms with E-state index in [1.165, 1.54) is 31.5 Å². The molecule has 4 rings (SSSR count). The molecular formula is C21H19ClFN7O3S. The highest BCUT2D eigenvalue weighted by molar-refractivity contribution is 7.92. The molecule has 0 bridgehead atoms. The normalized spacial score (nSPS) is 11.3. The smallest absolute Gasteiger partial charge is 0.267 e. The minimum atomic E-state index is -4.15. The fourth-order valence-electron chi connectivity index (χ4n) is 3.24. The average molecular weight is 504 g/mol. The molecule has 13 heteroatoms. The van der Waals surface area contributed by atoms with Crippen LogP contribution >= 0.6 is 11.6 Å². The first-order valence-electron chi connectivity index (χ1n) is 9.81.